The highest BCUT2D eigenvalue weighted by Gasteiger charge is 2.12. The number of aryl methyl sites for hydroxylation is 2. The molecule has 98 valence electrons. The van der Waals surface area contributed by atoms with Crippen LogP contribution >= 0.6 is 0 Å². The van der Waals surface area contributed by atoms with Gasteiger partial charge in [-0.3, -0.25) is 4.79 Å². The number of fused-ring (bicyclic) bond motifs is 1. The summed E-state index contributed by atoms with van der Waals surface area (Å²) >= 11 is 0. The van der Waals surface area contributed by atoms with E-state index in [1.807, 2.05) is 0 Å². The summed E-state index contributed by atoms with van der Waals surface area (Å²) in [6.07, 6.45) is 2.14. The summed E-state index contributed by atoms with van der Waals surface area (Å²) in [7, 11) is 1.46. The Labute approximate surface area is 108 Å². The molecule has 0 amide bonds. The molecule has 0 radical (unpaired) electrons. The van der Waals surface area contributed by atoms with Crippen LogP contribution < -0.4 is 5.56 Å². The third kappa shape index (κ3) is 2.14. The monoisotopic (exact) mass is 261 g/mol. The molecule has 2 aromatic rings. The molecule has 0 aliphatic heterocycles. The molecule has 1 heterocycles. The minimum absolute atomic E-state index is 0.220. The van der Waals surface area contributed by atoms with E-state index in [9.17, 15) is 14.0 Å². The highest BCUT2D eigenvalue weighted by atomic mass is 19.1. The van der Waals surface area contributed by atoms with Gasteiger partial charge in [0.15, 0.2) is 0 Å². The zero-order valence-corrected chi connectivity index (χ0v) is 10.5. The van der Waals surface area contributed by atoms with Crippen LogP contribution in [0.1, 0.15) is 11.1 Å². The summed E-state index contributed by atoms with van der Waals surface area (Å²) in [4.78, 5) is 22.7. The van der Waals surface area contributed by atoms with Crippen LogP contribution in [-0.2, 0) is 11.8 Å². The van der Waals surface area contributed by atoms with Crippen LogP contribution in [0.15, 0.2) is 29.1 Å². The van der Waals surface area contributed by atoms with E-state index in [1.165, 1.54) is 23.8 Å². The second-order valence-electron chi connectivity index (χ2n) is 4.21. The van der Waals surface area contributed by atoms with Crippen LogP contribution in [-0.4, -0.2) is 15.6 Å². The lowest BCUT2D eigenvalue weighted by Gasteiger charge is -2.11. The number of carbonyl (C=O) groups is 1. The van der Waals surface area contributed by atoms with Gasteiger partial charge in [-0.2, -0.15) is 0 Å². The van der Waals surface area contributed by atoms with Gasteiger partial charge in [-0.15, -0.1) is 0 Å². The highest BCUT2D eigenvalue weighted by molar-refractivity contribution is 5.89. The van der Waals surface area contributed by atoms with Crippen LogP contribution in [0, 0.1) is 12.7 Å². The van der Waals surface area contributed by atoms with Gasteiger partial charge in [0.2, 0.25) is 0 Å². The molecular formula is C14H12FNO3. The molecule has 0 spiro atoms. The SMILES string of the molecule is Cc1c(/C=C/C(=O)O)c(=O)n(C)c2c(F)cccc12. The van der Waals surface area contributed by atoms with Crippen LogP contribution in [0.5, 0.6) is 0 Å². The van der Waals surface area contributed by atoms with Crippen molar-refractivity contribution in [2.45, 2.75) is 6.92 Å². The van der Waals surface area contributed by atoms with E-state index in [2.05, 4.69) is 0 Å². The maximum atomic E-state index is 13.8. The van der Waals surface area contributed by atoms with Crippen molar-refractivity contribution in [3.8, 4) is 0 Å². The Bertz CT molecular complexity index is 759. The Morgan fingerprint density at radius 1 is 1.42 bits per heavy atom. The molecule has 0 aliphatic carbocycles. The maximum Gasteiger partial charge on any atom is 0.328 e. The lowest BCUT2D eigenvalue weighted by Crippen LogP contribution is -2.21. The van der Waals surface area contributed by atoms with E-state index in [-0.39, 0.29) is 11.1 Å². The highest BCUT2D eigenvalue weighted by Crippen LogP contribution is 2.21. The van der Waals surface area contributed by atoms with Gasteiger partial charge in [0.1, 0.15) is 5.82 Å². The van der Waals surface area contributed by atoms with E-state index in [0.717, 1.165) is 6.08 Å². The number of aliphatic carboxylic acids is 1. The molecule has 1 N–H and O–H groups in total. The minimum atomic E-state index is -1.14. The Balaban J connectivity index is 2.89. The van der Waals surface area contributed by atoms with Crippen molar-refractivity contribution in [2.24, 2.45) is 7.05 Å². The van der Waals surface area contributed by atoms with E-state index in [1.54, 1.807) is 19.1 Å². The molecule has 1 aromatic heterocycles. The molecule has 19 heavy (non-hydrogen) atoms. The number of carboxylic acids is 1. The molecule has 2 rings (SSSR count). The standard InChI is InChI=1S/C14H12FNO3/c1-8-9-4-3-5-11(15)13(9)16(2)14(19)10(8)6-7-12(17)18/h3-7H,1-2H3,(H,17,18)/b7-6+. The quantitative estimate of drug-likeness (QED) is 0.842. The summed E-state index contributed by atoms with van der Waals surface area (Å²) < 4.78 is 15.0. The van der Waals surface area contributed by atoms with Gasteiger partial charge in [0.25, 0.3) is 5.56 Å². The minimum Gasteiger partial charge on any atom is -0.478 e. The number of aromatic nitrogens is 1. The van der Waals surface area contributed by atoms with Crippen LogP contribution in [0.2, 0.25) is 0 Å². The van der Waals surface area contributed by atoms with Gasteiger partial charge in [0.05, 0.1) is 5.52 Å². The van der Waals surface area contributed by atoms with E-state index >= 15 is 0 Å². The van der Waals surface area contributed by atoms with Crippen molar-refractivity contribution in [3.63, 3.8) is 0 Å². The summed E-state index contributed by atoms with van der Waals surface area (Å²) in [5, 5.41) is 9.22. The Hall–Kier alpha value is -2.43. The smallest absolute Gasteiger partial charge is 0.328 e. The van der Waals surface area contributed by atoms with E-state index < -0.39 is 17.3 Å². The molecule has 0 bridgehead atoms. The average molecular weight is 261 g/mol. The molecular weight excluding hydrogens is 249 g/mol. The first-order valence-corrected chi connectivity index (χ1v) is 5.62. The van der Waals surface area contributed by atoms with Crippen molar-refractivity contribution in [1.29, 1.82) is 0 Å². The summed E-state index contributed by atoms with van der Waals surface area (Å²) in [5.74, 6) is -1.62. The zero-order valence-electron chi connectivity index (χ0n) is 10.5. The van der Waals surface area contributed by atoms with Gasteiger partial charge < -0.3 is 9.67 Å². The predicted molar refractivity (Wildman–Crippen MR) is 70.6 cm³/mol. The number of nitrogens with zero attached hydrogens (tertiary/aromatic N) is 1. The number of para-hydroxylation sites is 1. The van der Waals surface area contributed by atoms with Gasteiger partial charge in [0, 0.05) is 24.1 Å². The number of halogens is 1. The number of rotatable bonds is 2. The fraction of sp³-hybridized carbons (Fsp3) is 0.143. The van der Waals surface area contributed by atoms with Gasteiger partial charge >= 0.3 is 5.97 Å². The Kier molecular flexibility index (Phi) is 3.21. The topological polar surface area (TPSA) is 59.3 Å². The maximum absolute atomic E-state index is 13.8. The molecule has 0 fully saturated rings. The predicted octanol–water partition coefficient (Wildman–Crippen LogP) is 2.08. The van der Waals surface area contributed by atoms with Crippen molar-refractivity contribution < 1.29 is 14.3 Å². The number of hydrogen-bond acceptors (Lipinski definition) is 2. The summed E-state index contributed by atoms with van der Waals surface area (Å²) in [6, 6.07) is 4.54. The van der Waals surface area contributed by atoms with Crippen LogP contribution in [0.4, 0.5) is 4.39 Å². The molecule has 0 aliphatic rings. The van der Waals surface area contributed by atoms with Crippen molar-refractivity contribution in [2.75, 3.05) is 0 Å². The molecule has 0 saturated heterocycles. The first kappa shape index (κ1) is 13.0. The van der Waals surface area contributed by atoms with E-state index in [4.69, 9.17) is 5.11 Å². The number of benzene rings is 1. The van der Waals surface area contributed by atoms with Gasteiger partial charge in [-0.25, -0.2) is 9.18 Å². The second kappa shape index (κ2) is 4.68. The van der Waals surface area contributed by atoms with Crippen molar-refractivity contribution >= 4 is 22.9 Å². The molecule has 5 heteroatoms. The van der Waals surface area contributed by atoms with Crippen LogP contribution in [0.25, 0.3) is 17.0 Å². The Morgan fingerprint density at radius 3 is 2.74 bits per heavy atom. The van der Waals surface area contributed by atoms with Crippen LogP contribution in [0.3, 0.4) is 0 Å². The fourth-order valence-electron chi connectivity index (χ4n) is 2.10. The average Bonchev–Trinajstić information content (AvgIpc) is 2.35. The fourth-order valence-corrected chi connectivity index (χ4v) is 2.10. The molecule has 0 saturated carbocycles. The third-order valence-electron chi connectivity index (χ3n) is 3.06. The third-order valence-corrected chi connectivity index (χ3v) is 3.06. The Morgan fingerprint density at radius 2 is 2.11 bits per heavy atom. The zero-order chi connectivity index (χ0) is 14.2. The lowest BCUT2D eigenvalue weighted by molar-refractivity contribution is -0.131. The summed E-state index contributed by atoms with van der Waals surface area (Å²) in [5.41, 5.74) is 0.614. The largest absolute Gasteiger partial charge is 0.478 e. The number of pyridine rings is 1. The first-order valence-electron chi connectivity index (χ1n) is 5.62. The summed E-state index contributed by atoms with van der Waals surface area (Å²) in [6.45, 7) is 1.67. The van der Waals surface area contributed by atoms with Crippen molar-refractivity contribution in [1.82, 2.24) is 4.57 Å². The second-order valence-corrected chi connectivity index (χ2v) is 4.21. The first-order chi connectivity index (χ1) is 8.93. The molecule has 1 aromatic carbocycles. The molecule has 4 nitrogen and oxygen atoms in total. The van der Waals surface area contributed by atoms with Gasteiger partial charge in [-0.05, 0) is 24.6 Å². The van der Waals surface area contributed by atoms with E-state index in [0.29, 0.717) is 10.9 Å². The normalized spacial score (nSPS) is 11.3. The number of carboxylic acid groups (broad SMARTS) is 1. The van der Waals surface area contributed by atoms with Gasteiger partial charge in [-0.1, -0.05) is 12.1 Å². The molecule has 0 atom stereocenters. The van der Waals surface area contributed by atoms with Crippen molar-refractivity contribution in [3.05, 3.63) is 51.6 Å². The number of hydrogen-bond donors (Lipinski definition) is 1. The molecule has 0 unspecified atom stereocenters. The lowest BCUT2D eigenvalue weighted by atomic mass is 10.0.